The molecule has 25 heavy (non-hydrogen) atoms. The normalized spacial score (nSPS) is 16.7. The van der Waals surface area contributed by atoms with Crippen LogP contribution in [0, 0.1) is 11.3 Å². The van der Waals surface area contributed by atoms with Gasteiger partial charge in [-0.1, -0.05) is 31.2 Å². The Kier molecular flexibility index (Phi) is 5.19. The topological polar surface area (TPSA) is 101 Å². The summed E-state index contributed by atoms with van der Waals surface area (Å²) in [6, 6.07) is 7.89. The summed E-state index contributed by atoms with van der Waals surface area (Å²) in [6.07, 6.45) is 3.99. The fourth-order valence-corrected chi connectivity index (χ4v) is 3.51. The number of benzene rings is 1. The van der Waals surface area contributed by atoms with E-state index in [9.17, 15) is 10.1 Å². The lowest BCUT2D eigenvalue weighted by atomic mass is 10.0. The number of ether oxygens (including phenoxy) is 1. The lowest BCUT2D eigenvalue weighted by Crippen LogP contribution is -2.14. The largest absolute Gasteiger partial charge is 0.491 e. The smallest absolute Gasteiger partial charge is 0.261 e. The van der Waals surface area contributed by atoms with E-state index in [0.29, 0.717) is 29.5 Å². The van der Waals surface area contributed by atoms with Gasteiger partial charge in [0.1, 0.15) is 17.4 Å². The van der Waals surface area contributed by atoms with Crippen LogP contribution in [0.25, 0.3) is 10.9 Å². The molecular formula is C18H18N4O2S. The highest BCUT2D eigenvalue weighted by atomic mass is 32.2. The van der Waals surface area contributed by atoms with Gasteiger partial charge in [-0.05, 0) is 30.5 Å². The highest BCUT2D eigenvalue weighted by molar-refractivity contribution is 8.15. The molecule has 0 fully saturated rings. The van der Waals surface area contributed by atoms with Crippen LogP contribution in [-0.4, -0.2) is 27.9 Å². The summed E-state index contributed by atoms with van der Waals surface area (Å²) in [5.41, 5.74) is 7.75. The highest BCUT2D eigenvalue weighted by Crippen LogP contribution is 2.31. The number of thioether (sulfide) groups is 1. The summed E-state index contributed by atoms with van der Waals surface area (Å²) in [7, 11) is 0. The van der Waals surface area contributed by atoms with Crippen molar-refractivity contribution in [2.75, 3.05) is 6.61 Å². The average Bonchev–Trinajstić information content (AvgIpc) is 2.92. The third kappa shape index (κ3) is 3.74. The van der Waals surface area contributed by atoms with Gasteiger partial charge in [0.2, 0.25) is 0 Å². The molecule has 1 amide bonds. The average molecular weight is 354 g/mol. The monoisotopic (exact) mass is 354 g/mol. The van der Waals surface area contributed by atoms with Crippen molar-refractivity contribution in [1.29, 1.82) is 5.26 Å². The van der Waals surface area contributed by atoms with Gasteiger partial charge in [0, 0.05) is 11.6 Å². The van der Waals surface area contributed by atoms with Gasteiger partial charge in [-0.2, -0.15) is 10.3 Å². The number of aliphatic imine (C=N–C) groups is 1. The van der Waals surface area contributed by atoms with Crippen LogP contribution in [0.2, 0.25) is 0 Å². The molecule has 2 aromatic rings. The van der Waals surface area contributed by atoms with Crippen molar-refractivity contribution < 1.29 is 9.53 Å². The Morgan fingerprint density at radius 2 is 2.28 bits per heavy atom. The minimum Gasteiger partial charge on any atom is -0.491 e. The van der Waals surface area contributed by atoms with Crippen LogP contribution in [0.15, 0.2) is 29.4 Å². The number of hydrogen-bond acceptors (Lipinski definition) is 6. The number of rotatable bonds is 6. The standard InChI is InChI=1S/C18H18N4O2S/c1-2-3-6-24-16-12(9-19)10-21-14-5-4-11(7-13(14)16)8-15-17(23)22-18(20)25-15/h4-5,7,10,15H,2-3,6,8H2,1H3,(H2,20,22,23). The number of pyridine rings is 1. The summed E-state index contributed by atoms with van der Waals surface area (Å²) in [4.78, 5) is 19.9. The molecule has 0 bridgehead atoms. The van der Waals surface area contributed by atoms with Crippen molar-refractivity contribution in [3.05, 3.63) is 35.5 Å². The minimum absolute atomic E-state index is 0.203. The second kappa shape index (κ2) is 7.53. The van der Waals surface area contributed by atoms with Crippen LogP contribution in [0.5, 0.6) is 5.75 Å². The molecule has 1 unspecified atom stereocenters. The fraction of sp³-hybridized carbons (Fsp3) is 0.333. The molecule has 6 nitrogen and oxygen atoms in total. The van der Waals surface area contributed by atoms with Gasteiger partial charge < -0.3 is 10.5 Å². The van der Waals surface area contributed by atoms with Gasteiger partial charge in [-0.3, -0.25) is 9.78 Å². The second-order valence-electron chi connectivity index (χ2n) is 5.77. The van der Waals surface area contributed by atoms with Gasteiger partial charge in [0.15, 0.2) is 5.17 Å². The van der Waals surface area contributed by atoms with Gasteiger partial charge in [-0.15, -0.1) is 0 Å². The maximum atomic E-state index is 11.8. The number of carbonyl (C=O) groups excluding carboxylic acids is 1. The molecule has 1 atom stereocenters. The van der Waals surface area contributed by atoms with Crippen LogP contribution >= 0.6 is 11.8 Å². The van der Waals surface area contributed by atoms with Crippen LogP contribution in [0.1, 0.15) is 30.9 Å². The SMILES string of the molecule is CCCCOc1c(C#N)cnc2ccc(CC3SC(N)=NC3=O)cc12. The summed E-state index contributed by atoms with van der Waals surface area (Å²) in [5.74, 6) is 0.356. The minimum atomic E-state index is -0.297. The quantitative estimate of drug-likeness (QED) is 0.800. The number of unbranched alkanes of at least 4 members (excludes halogenated alkanes) is 1. The van der Waals surface area contributed by atoms with Crippen LogP contribution in [0.3, 0.4) is 0 Å². The molecule has 0 saturated heterocycles. The van der Waals surface area contributed by atoms with E-state index < -0.39 is 0 Å². The number of aromatic nitrogens is 1. The third-order valence-corrected chi connectivity index (χ3v) is 4.91. The number of carbonyl (C=O) groups is 1. The van der Waals surface area contributed by atoms with E-state index in [-0.39, 0.29) is 11.2 Å². The maximum Gasteiger partial charge on any atom is 0.261 e. The first kappa shape index (κ1) is 17.2. The van der Waals surface area contributed by atoms with E-state index in [4.69, 9.17) is 10.5 Å². The van der Waals surface area contributed by atoms with Gasteiger partial charge >= 0.3 is 0 Å². The zero-order valence-electron chi connectivity index (χ0n) is 13.9. The van der Waals surface area contributed by atoms with E-state index in [0.717, 1.165) is 29.3 Å². The van der Waals surface area contributed by atoms with E-state index >= 15 is 0 Å². The molecule has 0 spiro atoms. The highest BCUT2D eigenvalue weighted by Gasteiger charge is 2.27. The first-order valence-electron chi connectivity index (χ1n) is 8.11. The summed E-state index contributed by atoms with van der Waals surface area (Å²) in [6.45, 7) is 2.64. The molecule has 0 radical (unpaired) electrons. The van der Waals surface area contributed by atoms with Crippen molar-refractivity contribution >= 4 is 33.7 Å². The number of nitrogens with two attached hydrogens (primary N) is 1. The second-order valence-corrected chi connectivity index (χ2v) is 6.99. The number of amides is 1. The van der Waals surface area contributed by atoms with E-state index in [2.05, 4.69) is 23.0 Å². The molecule has 1 aliphatic rings. The summed E-state index contributed by atoms with van der Waals surface area (Å²) < 4.78 is 5.87. The Morgan fingerprint density at radius 1 is 1.44 bits per heavy atom. The first-order valence-corrected chi connectivity index (χ1v) is 8.99. The zero-order chi connectivity index (χ0) is 17.8. The Morgan fingerprint density at radius 3 is 2.96 bits per heavy atom. The van der Waals surface area contributed by atoms with Crippen molar-refractivity contribution in [2.45, 2.75) is 31.4 Å². The van der Waals surface area contributed by atoms with E-state index in [1.807, 2.05) is 18.2 Å². The predicted molar refractivity (Wildman–Crippen MR) is 98.6 cm³/mol. The third-order valence-electron chi connectivity index (χ3n) is 3.93. The maximum absolute atomic E-state index is 11.8. The number of amidine groups is 1. The number of nitriles is 1. The Labute approximate surface area is 150 Å². The Balaban J connectivity index is 1.93. The molecule has 1 aromatic carbocycles. The molecule has 2 N–H and O–H groups in total. The van der Waals surface area contributed by atoms with Crippen molar-refractivity contribution in [3.63, 3.8) is 0 Å². The van der Waals surface area contributed by atoms with Crippen molar-refractivity contribution in [1.82, 2.24) is 4.98 Å². The van der Waals surface area contributed by atoms with E-state index in [1.54, 1.807) is 0 Å². The predicted octanol–water partition coefficient (Wildman–Crippen LogP) is 2.78. The fourth-order valence-electron chi connectivity index (χ4n) is 2.64. The van der Waals surface area contributed by atoms with Crippen LogP contribution < -0.4 is 10.5 Å². The Bertz CT molecular complexity index is 889. The lowest BCUT2D eigenvalue weighted by Gasteiger charge is -2.12. The first-order chi connectivity index (χ1) is 12.1. The molecule has 1 aliphatic heterocycles. The molecule has 3 rings (SSSR count). The molecule has 128 valence electrons. The van der Waals surface area contributed by atoms with Crippen molar-refractivity contribution in [3.8, 4) is 11.8 Å². The van der Waals surface area contributed by atoms with Gasteiger partial charge in [0.05, 0.1) is 17.4 Å². The molecule has 0 aliphatic carbocycles. The van der Waals surface area contributed by atoms with Gasteiger partial charge in [0.25, 0.3) is 5.91 Å². The number of fused-ring (bicyclic) bond motifs is 1. The van der Waals surface area contributed by atoms with Crippen LogP contribution in [-0.2, 0) is 11.2 Å². The van der Waals surface area contributed by atoms with Crippen LogP contribution in [0.4, 0.5) is 0 Å². The molecule has 1 aromatic heterocycles. The summed E-state index contributed by atoms with van der Waals surface area (Å²) in [5, 5.41) is 10.2. The number of nitrogens with zero attached hydrogens (tertiary/aromatic N) is 3. The number of hydrogen-bond donors (Lipinski definition) is 1. The lowest BCUT2D eigenvalue weighted by molar-refractivity contribution is -0.117. The molecule has 2 heterocycles. The summed E-state index contributed by atoms with van der Waals surface area (Å²) >= 11 is 1.28. The molecule has 7 heteroatoms. The molecular weight excluding hydrogens is 336 g/mol. The Hall–Kier alpha value is -2.59. The van der Waals surface area contributed by atoms with E-state index in [1.165, 1.54) is 18.0 Å². The van der Waals surface area contributed by atoms with Gasteiger partial charge in [-0.25, -0.2) is 0 Å². The molecule has 0 saturated carbocycles. The zero-order valence-corrected chi connectivity index (χ0v) is 14.7. The van der Waals surface area contributed by atoms with Crippen molar-refractivity contribution in [2.24, 2.45) is 10.7 Å².